The van der Waals surface area contributed by atoms with E-state index >= 15 is 0 Å². The fraction of sp³-hybridized carbons (Fsp3) is 0.333. The van der Waals surface area contributed by atoms with Crippen molar-refractivity contribution in [1.29, 1.82) is 0 Å². The second-order valence-corrected chi connectivity index (χ2v) is 3.54. The van der Waals surface area contributed by atoms with E-state index in [4.69, 9.17) is 17.3 Å². The standard InChI is InChI=1S/C9H9ClF2N2O2/c10-6-2-1-3-7(14(15)16)8(6)9(11,12)4-5-13/h1-3H,4-5,13H2. The van der Waals surface area contributed by atoms with Gasteiger partial charge in [0.05, 0.1) is 9.95 Å². The van der Waals surface area contributed by atoms with E-state index in [1.807, 2.05) is 0 Å². The fourth-order valence-electron chi connectivity index (χ4n) is 1.33. The molecule has 88 valence electrons. The number of hydrogen-bond donors (Lipinski definition) is 1. The highest BCUT2D eigenvalue weighted by Crippen LogP contribution is 2.41. The average molecular weight is 251 g/mol. The van der Waals surface area contributed by atoms with Crippen LogP contribution in [-0.4, -0.2) is 11.5 Å². The number of nitro groups is 1. The van der Waals surface area contributed by atoms with Crippen molar-refractivity contribution in [1.82, 2.24) is 0 Å². The van der Waals surface area contributed by atoms with Crippen molar-refractivity contribution in [2.75, 3.05) is 6.54 Å². The van der Waals surface area contributed by atoms with Gasteiger partial charge in [0.1, 0.15) is 5.56 Å². The van der Waals surface area contributed by atoms with Crippen LogP contribution in [0.25, 0.3) is 0 Å². The number of hydrogen-bond acceptors (Lipinski definition) is 3. The molecule has 0 aromatic heterocycles. The molecule has 0 heterocycles. The van der Waals surface area contributed by atoms with Gasteiger partial charge >= 0.3 is 0 Å². The Labute approximate surface area is 95.2 Å². The molecule has 0 saturated heterocycles. The summed E-state index contributed by atoms with van der Waals surface area (Å²) in [6.07, 6.45) is -0.683. The first-order chi connectivity index (χ1) is 7.40. The van der Waals surface area contributed by atoms with E-state index in [1.165, 1.54) is 12.1 Å². The largest absolute Gasteiger partial charge is 0.330 e. The van der Waals surface area contributed by atoms with Crippen LogP contribution in [0, 0.1) is 10.1 Å². The summed E-state index contributed by atoms with van der Waals surface area (Å²) < 4.78 is 27.1. The van der Waals surface area contributed by atoms with Crippen LogP contribution in [0.2, 0.25) is 5.02 Å². The van der Waals surface area contributed by atoms with Gasteiger partial charge in [0, 0.05) is 12.5 Å². The monoisotopic (exact) mass is 250 g/mol. The summed E-state index contributed by atoms with van der Waals surface area (Å²) in [5, 5.41) is 10.3. The molecule has 0 amide bonds. The third kappa shape index (κ3) is 2.45. The summed E-state index contributed by atoms with van der Waals surface area (Å²) in [6.45, 7) is -0.282. The average Bonchev–Trinajstić information content (AvgIpc) is 2.16. The van der Waals surface area contributed by atoms with Crippen LogP contribution in [-0.2, 0) is 5.92 Å². The lowest BCUT2D eigenvalue weighted by Crippen LogP contribution is -2.20. The highest BCUT2D eigenvalue weighted by atomic mass is 35.5. The van der Waals surface area contributed by atoms with Crippen LogP contribution in [0.4, 0.5) is 14.5 Å². The lowest BCUT2D eigenvalue weighted by atomic mass is 10.0. The molecule has 16 heavy (non-hydrogen) atoms. The van der Waals surface area contributed by atoms with Gasteiger partial charge in [-0.1, -0.05) is 17.7 Å². The van der Waals surface area contributed by atoms with Gasteiger partial charge < -0.3 is 5.73 Å². The fourth-order valence-corrected chi connectivity index (χ4v) is 1.64. The number of rotatable bonds is 4. The molecular formula is C9H9ClF2N2O2. The summed E-state index contributed by atoms with van der Waals surface area (Å²) in [6, 6.07) is 3.43. The third-order valence-electron chi connectivity index (χ3n) is 2.01. The number of nitrogens with zero attached hydrogens (tertiary/aromatic N) is 1. The van der Waals surface area contributed by atoms with Crippen molar-refractivity contribution < 1.29 is 13.7 Å². The second-order valence-electron chi connectivity index (χ2n) is 3.13. The molecule has 0 spiro atoms. The van der Waals surface area contributed by atoms with Crippen molar-refractivity contribution in [2.24, 2.45) is 5.73 Å². The summed E-state index contributed by atoms with van der Waals surface area (Å²) in [7, 11) is 0. The molecule has 4 nitrogen and oxygen atoms in total. The molecule has 0 fully saturated rings. The smallest absolute Gasteiger partial charge is 0.282 e. The topological polar surface area (TPSA) is 69.2 Å². The minimum atomic E-state index is -3.39. The van der Waals surface area contributed by atoms with Gasteiger partial charge in [-0.2, -0.15) is 0 Å². The number of benzene rings is 1. The van der Waals surface area contributed by atoms with Gasteiger partial charge in [-0.3, -0.25) is 10.1 Å². The van der Waals surface area contributed by atoms with E-state index in [0.717, 1.165) is 6.07 Å². The van der Waals surface area contributed by atoms with Crippen molar-refractivity contribution in [3.8, 4) is 0 Å². The molecule has 0 aliphatic carbocycles. The Hall–Kier alpha value is -1.27. The van der Waals surface area contributed by atoms with Gasteiger partial charge in [0.15, 0.2) is 0 Å². The Kier molecular flexibility index (Phi) is 3.77. The highest BCUT2D eigenvalue weighted by Gasteiger charge is 2.39. The normalized spacial score (nSPS) is 11.5. The van der Waals surface area contributed by atoms with Crippen LogP contribution in [0.3, 0.4) is 0 Å². The van der Waals surface area contributed by atoms with Crippen molar-refractivity contribution in [2.45, 2.75) is 12.3 Å². The number of halogens is 3. The molecule has 0 atom stereocenters. The maximum atomic E-state index is 13.6. The number of nitrogens with two attached hydrogens (primary N) is 1. The summed E-state index contributed by atoms with van der Waals surface area (Å²) in [4.78, 5) is 9.72. The summed E-state index contributed by atoms with van der Waals surface area (Å²) >= 11 is 5.57. The molecule has 7 heteroatoms. The predicted molar refractivity (Wildman–Crippen MR) is 55.7 cm³/mol. The zero-order valence-corrected chi connectivity index (χ0v) is 8.88. The molecule has 1 rings (SSSR count). The van der Waals surface area contributed by atoms with Crippen LogP contribution < -0.4 is 5.73 Å². The Bertz CT molecular complexity index is 412. The van der Waals surface area contributed by atoms with E-state index in [-0.39, 0.29) is 11.6 Å². The van der Waals surface area contributed by atoms with E-state index in [9.17, 15) is 18.9 Å². The van der Waals surface area contributed by atoms with Crippen molar-refractivity contribution in [3.63, 3.8) is 0 Å². The van der Waals surface area contributed by atoms with Crippen LogP contribution >= 0.6 is 11.6 Å². The Balaban J connectivity index is 3.35. The van der Waals surface area contributed by atoms with Crippen LogP contribution in [0.15, 0.2) is 18.2 Å². The lowest BCUT2D eigenvalue weighted by Gasteiger charge is -2.16. The lowest BCUT2D eigenvalue weighted by molar-refractivity contribution is -0.387. The molecule has 0 bridgehead atoms. The SMILES string of the molecule is NCCC(F)(F)c1c(Cl)cccc1[N+](=O)[O-]. The summed E-state index contributed by atoms with van der Waals surface area (Å²) in [5.74, 6) is -3.39. The van der Waals surface area contributed by atoms with Gasteiger partial charge in [-0.15, -0.1) is 0 Å². The zero-order valence-electron chi connectivity index (χ0n) is 8.12. The van der Waals surface area contributed by atoms with Crippen LogP contribution in [0.1, 0.15) is 12.0 Å². The first-order valence-electron chi connectivity index (χ1n) is 4.41. The van der Waals surface area contributed by atoms with E-state index in [1.54, 1.807) is 0 Å². The van der Waals surface area contributed by atoms with E-state index in [2.05, 4.69) is 0 Å². The molecule has 2 N–H and O–H groups in total. The minimum Gasteiger partial charge on any atom is -0.330 e. The molecule has 0 radical (unpaired) electrons. The van der Waals surface area contributed by atoms with Crippen molar-refractivity contribution in [3.05, 3.63) is 38.9 Å². The first-order valence-corrected chi connectivity index (χ1v) is 4.79. The Morgan fingerprint density at radius 3 is 2.62 bits per heavy atom. The number of alkyl halides is 2. The quantitative estimate of drug-likeness (QED) is 0.660. The second kappa shape index (κ2) is 4.71. The third-order valence-corrected chi connectivity index (χ3v) is 2.33. The van der Waals surface area contributed by atoms with Crippen molar-refractivity contribution >= 4 is 17.3 Å². The van der Waals surface area contributed by atoms with Gasteiger partial charge in [0.2, 0.25) is 0 Å². The van der Waals surface area contributed by atoms with Gasteiger partial charge in [-0.05, 0) is 12.6 Å². The number of nitro benzene ring substituents is 1. The van der Waals surface area contributed by atoms with Crippen LogP contribution in [0.5, 0.6) is 0 Å². The molecule has 0 aliphatic heterocycles. The summed E-state index contributed by atoms with van der Waals surface area (Å²) in [5.41, 5.74) is 3.58. The molecule has 1 aromatic carbocycles. The van der Waals surface area contributed by atoms with Gasteiger partial charge in [-0.25, -0.2) is 8.78 Å². The first kappa shape index (κ1) is 12.8. The molecule has 0 aliphatic rings. The predicted octanol–water partition coefficient (Wildman–Crippen LogP) is 2.69. The zero-order chi connectivity index (χ0) is 12.3. The maximum Gasteiger partial charge on any atom is 0.282 e. The van der Waals surface area contributed by atoms with E-state index < -0.39 is 28.5 Å². The molecular weight excluding hydrogens is 242 g/mol. The Morgan fingerprint density at radius 1 is 1.50 bits per heavy atom. The van der Waals surface area contributed by atoms with E-state index in [0.29, 0.717) is 0 Å². The Morgan fingerprint density at radius 2 is 2.12 bits per heavy atom. The molecule has 1 aromatic rings. The minimum absolute atomic E-state index is 0.282. The van der Waals surface area contributed by atoms with Gasteiger partial charge in [0.25, 0.3) is 11.6 Å². The molecule has 0 saturated carbocycles. The maximum absolute atomic E-state index is 13.6. The highest BCUT2D eigenvalue weighted by molar-refractivity contribution is 6.31. The molecule has 0 unspecified atom stereocenters.